The van der Waals surface area contributed by atoms with Gasteiger partial charge in [0, 0.05) is 6.20 Å². The lowest BCUT2D eigenvalue weighted by atomic mass is 10.1. The van der Waals surface area contributed by atoms with Crippen molar-refractivity contribution in [3.8, 4) is 0 Å². The summed E-state index contributed by atoms with van der Waals surface area (Å²) in [7, 11) is 0. The Morgan fingerprint density at radius 1 is 1.36 bits per heavy atom. The predicted molar refractivity (Wildman–Crippen MR) is 47.5 cm³/mol. The maximum atomic E-state index is 10.7. The number of carboxylic acid groups (broad SMARTS) is 2. The molecule has 0 fully saturated rings. The first kappa shape index (κ1) is 10.2. The molecule has 0 amide bonds. The van der Waals surface area contributed by atoms with Crippen LogP contribution in [0, 0.1) is 0 Å². The molecule has 0 aliphatic rings. The zero-order valence-corrected chi connectivity index (χ0v) is 7.52. The average molecular weight is 195 g/mol. The second-order valence-corrected chi connectivity index (χ2v) is 2.70. The van der Waals surface area contributed by atoms with Crippen LogP contribution in [0.4, 0.5) is 0 Å². The Bertz CT molecular complexity index is 386. The van der Waals surface area contributed by atoms with E-state index in [0.29, 0.717) is 12.0 Å². The van der Waals surface area contributed by atoms with Crippen LogP contribution in [0.15, 0.2) is 12.3 Å². The molecule has 0 saturated heterocycles. The van der Waals surface area contributed by atoms with Gasteiger partial charge in [-0.3, -0.25) is 0 Å². The van der Waals surface area contributed by atoms with Gasteiger partial charge >= 0.3 is 11.9 Å². The van der Waals surface area contributed by atoms with Crippen LogP contribution < -0.4 is 0 Å². The molecule has 5 heteroatoms. The lowest BCUT2D eigenvalue weighted by Gasteiger charge is -2.02. The van der Waals surface area contributed by atoms with Crippen LogP contribution in [0.25, 0.3) is 0 Å². The quantitative estimate of drug-likeness (QED) is 0.752. The lowest BCUT2D eigenvalue weighted by Crippen LogP contribution is -2.11. The summed E-state index contributed by atoms with van der Waals surface area (Å²) in [5.41, 5.74) is 0.0129. The largest absolute Gasteiger partial charge is 0.478 e. The fourth-order valence-electron chi connectivity index (χ4n) is 1.03. The third-order valence-electron chi connectivity index (χ3n) is 1.79. The van der Waals surface area contributed by atoms with Gasteiger partial charge in [-0.15, -0.1) is 0 Å². The van der Waals surface area contributed by atoms with Gasteiger partial charge < -0.3 is 10.2 Å². The molecule has 1 rings (SSSR count). The number of aryl methyl sites for hydroxylation is 1. The van der Waals surface area contributed by atoms with Gasteiger partial charge in [-0.2, -0.15) is 0 Å². The number of hydrogen-bond donors (Lipinski definition) is 2. The van der Waals surface area contributed by atoms with Gasteiger partial charge in [0.25, 0.3) is 0 Å². The summed E-state index contributed by atoms with van der Waals surface area (Å²) in [6.07, 6.45) is 1.99. The second-order valence-electron chi connectivity index (χ2n) is 2.70. The second kappa shape index (κ2) is 3.87. The van der Waals surface area contributed by atoms with Crippen molar-refractivity contribution in [2.24, 2.45) is 0 Å². The Labute approximate surface area is 80.0 Å². The third-order valence-corrected chi connectivity index (χ3v) is 1.79. The number of carboxylic acids is 2. The highest BCUT2D eigenvalue weighted by Crippen LogP contribution is 2.09. The molecule has 0 aliphatic heterocycles. The molecule has 0 unspecified atom stereocenters. The number of hydrogen-bond acceptors (Lipinski definition) is 3. The van der Waals surface area contributed by atoms with E-state index in [-0.39, 0.29) is 5.56 Å². The lowest BCUT2D eigenvalue weighted by molar-refractivity contribution is 0.0646. The average Bonchev–Trinajstić information content (AvgIpc) is 2.16. The highest BCUT2D eigenvalue weighted by Gasteiger charge is 2.17. The van der Waals surface area contributed by atoms with E-state index in [1.807, 2.05) is 6.92 Å². The van der Waals surface area contributed by atoms with E-state index >= 15 is 0 Å². The molecular weight excluding hydrogens is 186 g/mol. The highest BCUT2D eigenvalue weighted by atomic mass is 16.4. The van der Waals surface area contributed by atoms with Crippen molar-refractivity contribution in [3.05, 3.63) is 29.1 Å². The van der Waals surface area contributed by atoms with Crippen LogP contribution in [0.3, 0.4) is 0 Å². The maximum absolute atomic E-state index is 10.7. The molecule has 0 aliphatic carbocycles. The van der Waals surface area contributed by atoms with Gasteiger partial charge in [0.1, 0.15) is 0 Å². The van der Waals surface area contributed by atoms with E-state index in [9.17, 15) is 9.59 Å². The topological polar surface area (TPSA) is 87.5 Å². The van der Waals surface area contributed by atoms with E-state index in [2.05, 4.69) is 4.98 Å². The zero-order valence-electron chi connectivity index (χ0n) is 7.52. The van der Waals surface area contributed by atoms with Gasteiger partial charge in [-0.25, -0.2) is 14.6 Å². The molecule has 0 saturated carbocycles. The molecule has 0 atom stereocenters. The molecule has 0 aromatic carbocycles. The Morgan fingerprint density at radius 3 is 2.43 bits per heavy atom. The van der Waals surface area contributed by atoms with Gasteiger partial charge in [-0.1, -0.05) is 6.92 Å². The molecule has 2 N–H and O–H groups in total. The Morgan fingerprint density at radius 2 is 2.00 bits per heavy atom. The summed E-state index contributed by atoms with van der Waals surface area (Å²) in [4.78, 5) is 24.9. The molecule has 0 spiro atoms. The van der Waals surface area contributed by atoms with Crippen LogP contribution >= 0.6 is 0 Å². The van der Waals surface area contributed by atoms with Crippen LogP contribution in [0.2, 0.25) is 0 Å². The number of nitrogens with zero attached hydrogens (tertiary/aromatic N) is 1. The van der Waals surface area contributed by atoms with Crippen LogP contribution in [-0.2, 0) is 6.42 Å². The number of aromatic nitrogens is 1. The molecule has 5 nitrogen and oxygen atoms in total. The van der Waals surface area contributed by atoms with Crippen molar-refractivity contribution in [3.63, 3.8) is 0 Å². The molecule has 1 heterocycles. The number of aromatic carboxylic acids is 2. The SMILES string of the molecule is CCc1cnc(C(=O)O)c(C(=O)O)c1. The summed E-state index contributed by atoms with van der Waals surface area (Å²) in [6.45, 7) is 1.84. The first-order chi connectivity index (χ1) is 6.56. The van der Waals surface area contributed by atoms with Crippen molar-refractivity contribution in [1.82, 2.24) is 4.98 Å². The predicted octanol–water partition coefficient (Wildman–Crippen LogP) is 1.04. The molecule has 1 aromatic rings. The Kier molecular flexibility index (Phi) is 2.81. The first-order valence-electron chi connectivity index (χ1n) is 4.01. The van der Waals surface area contributed by atoms with Crippen LogP contribution in [0.5, 0.6) is 0 Å². The number of rotatable bonds is 3. The molecular formula is C9H9NO4. The highest BCUT2D eigenvalue weighted by molar-refractivity contribution is 6.00. The fourth-order valence-corrected chi connectivity index (χ4v) is 1.03. The minimum atomic E-state index is -1.33. The van der Waals surface area contributed by atoms with Crippen molar-refractivity contribution in [1.29, 1.82) is 0 Å². The maximum Gasteiger partial charge on any atom is 0.355 e. The van der Waals surface area contributed by atoms with Gasteiger partial charge in [0.05, 0.1) is 5.56 Å². The number of pyridine rings is 1. The van der Waals surface area contributed by atoms with Crippen LogP contribution in [0.1, 0.15) is 33.3 Å². The minimum Gasteiger partial charge on any atom is -0.478 e. The van der Waals surface area contributed by atoms with E-state index in [1.54, 1.807) is 0 Å². The van der Waals surface area contributed by atoms with Gasteiger partial charge in [0.2, 0.25) is 0 Å². The first-order valence-corrected chi connectivity index (χ1v) is 4.01. The monoisotopic (exact) mass is 195 g/mol. The Hall–Kier alpha value is -1.91. The standard InChI is InChI=1S/C9H9NO4/c1-2-5-3-6(8(11)12)7(9(13)14)10-4-5/h3-4H,2H2,1H3,(H,11,12)(H,13,14). The summed E-state index contributed by atoms with van der Waals surface area (Å²) >= 11 is 0. The molecule has 74 valence electrons. The summed E-state index contributed by atoms with van der Waals surface area (Å²) in [5.74, 6) is -2.60. The molecule has 14 heavy (non-hydrogen) atoms. The van der Waals surface area contributed by atoms with E-state index in [0.717, 1.165) is 0 Å². The third kappa shape index (κ3) is 1.87. The van der Waals surface area contributed by atoms with Crippen molar-refractivity contribution in [2.45, 2.75) is 13.3 Å². The minimum absolute atomic E-state index is 0.267. The summed E-state index contributed by atoms with van der Waals surface area (Å²) < 4.78 is 0. The van der Waals surface area contributed by atoms with Crippen LogP contribution in [-0.4, -0.2) is 27.1 Å². The van der Waals surface area contributed by atoms with Crippen molar-refractivity contribution >= 4 is 11.9 Å². The molecule has 0 bridgehead atoms. The van der Waals surface area contributed by atoms with Gasteiger partial charge in [0.15, 0.2) is 5.69 Å². The van der Waals surface area contributed by atoms with Gasteiger partial charge in [-0.05, 0) is 18.1 Å². The fraction of sp³-hybridized carbons (Fsp3) is 0.222. The number of carbonyl (C=O) groups is 2. The van der Waals surface area contributed by atoms with E-state index < -0.39 is 17.6 Å². The Balaban J connectivity index is 3.31. The van der Waals surface area contributed by atoms with Crippen molar-refractivity contribution < 1.29 is 19.8 Å². The summed E-state index contributed by atoms with van der Waals surface area (Å²) in [6, 6.07) is 1.33. The normalized spacial score (nSPS) is 9.79. The smallest absolute Gasteiger partial charge is 0.355 e. The van der Waals surface area contributed by atoms with E-state index in [1.165, 1.54) is 12.3 Å². The molecule has 0 radical (unpaired) electrons. The van der Waals surface area contributed by atoms with E-state index in [4.69, 9.17) is 10.2 Å². The molecule has 1 aromatic heterocycles. The zero-order chi connectivity index (χ0) is 10.7. The van der Waals surface area contributed by atoms with Crippen molar-refractivity contribution in [2.75, 3.05) is 0 Å². The summed E-state index contributed by atoms with van der Waals surface area (Å²) in [5, 5.41) is 17.4.